The van der Waals surface area contributed by atoms with E-state index in [-0.39, 0.29) is 0 Å². The fraction of sp³-hybridized carbons (Fsp3) is 0.357. The van der Waals surface area contributed by atoms with Gasteiger partial charge in [-0.25, -0.2) is 0 Å². The lowest BCUT2D eigenvalue weighted by molar-refractivity contribution is 0.719. The highest BCUT2D eigenvalue weighted by Crippen LogP contribution is 2.31. The number of aromatic nitrogens is 2. The molecule has 1 aromatic carbocycles. The van der Waals surface area contributed by atoms with Crippen molar-refractivity contribution in [1.82, 2.24) is 9.78 Å². The third kappa shape index (κ3) is 3.15. The van der Waals surface area contributed by atoms with Crippen molar-refractivity contribution in [2.75, 3.05) is 5.73 Å². The predicted molar refractivity (Wildman–Crippen MR) is 85.4 cm³/mol. The lowest BCUT2D eigenvalue weighted by Crippen LogP contribution is -1.97. The van der Waals surface area contributed by atoms with Gasteiger partial charge >= 0.3 is 0 Å². The van der Waals surface area contributed by atoms with E-state index in [4.69, 9.17) is 5.73 Å². The fourth-order valence-electron chi connectivity index (χ4n) is 1.89. The highest BCUT2D eigenvalue weighted by molar-refractivity contribution is 9.10. The molecule has 1 heterocycles. The van der Waals surface area contributed by atoms with E-state index in [1.807, 2.05) is 23.9 Å². The molecule has 0 aliphatic heterocycles. The van der Waals surface area contributed by atoms with Crippen LogP contribution in [0.3, 0.4) is 0 Å². The number of nitrogens with two attached hydrogens (primary N) is 1. The monoisotopic (exact) mass is 339 g/mol. The van der Waals surface area contributed by atoms with Gasteiger partial charge in [-0.1, -0.05) is 13.0 Å². The van der Waals surface area contributed by atoms with Gasteiger partial charge in [0, 0.05) is 23.4 Å². The van der Waals surface area contributed by atoms with Gasteiger partial charge in [0.2, 0.25) is 0 Å². The van der Waals surface area contributed by atoms with Crippen molar-refractivity contribution in [2.45, 2.75) is 30.9 Å². The Kier molecular flexibility index (Phi) is 4.58. The third-order valence-corrected chi connectivity index (χ3v) is 5.16. The Labute approximate surface area is 126 Å². The number of halogens is 1. The SMILES string of the molecule is CCc1nn(C)c(CSc2cc(N)ccc2C)c1Br. The minimum absolute atomic E-state index is 0.811. The van der Waals surface area contributed by atoms with Crippen molar-refractivity contribution in [3.05, 3.63) is 39.6 Å². The van der Waals surface area contributed by atoms with E-state index in [0.717, 1.165) is 28.0 Å². The molecule has 0 aliphatic rings. The molecule has 5 heteroatoms. The first-order valence-electron chi connectivity index (χ1n) is 6.22. The molecule has 2 N–H and O–H groups in total. The van der Waals surface area contributed by atoms with Crippen molar-refractivity contribution in [1.29, 1.82) is 0 Å². The van der Waals surface area contributed by atoms with Gasteiger partial charge in [0.25, 0.3) is 0 Å². The van der Waals surface area contributed by atoms with Crippen molar-refractivity contribution in [3.63, 3.8) is 0 Å². The van der Waals surface area contributed by atoms with E-state index >= 15 is 0 Å². The standard InChI is InChI=1S/C14H18BrN3S/c1-4-11-14(15)12(18(3)17-11)8-19-13-7-10(16)6-5-9(13)2/h5-7H,4,8,16H2,1-3H3. The summed E-state index contributed by atoms with van der Waals surface area (Å²) >= 11 is 5.44. The van der Waals surface area contributed by atoms with Crippen LogP contribution in [0.25, 0.3) is 0 Å². The Morgan fingerprint density at radius 2 is 2.16 bits per heavy atom. The highest BCUT2D eigenvalue weighted by Gasteiger charge is 2.13. The molecular formula is C14H18BrN3S. The number of nitrogens with zero attached hydrogens (tertiary/aromatic N) is 2. The summed E-state index contributed by atoms with van der Waals surface area (Å²) in [5.41, 5.74) is 10.2. The molecule has 0 aliphatic carbocycles. The van der Waals surface area contributed by atoms with E-state index in [0.29, 0.717) is 0 Å². The van der Waals surface area contributed by atoms with Gasteiger partial charge in [-0.05, 0) is 47.0 Å². The van der Waals surface area contributed by atoms with E-state index in [2.05, 4.69) is 40.9 Å². The van der Waals surface area contributed by atoms with Crippen LogP contribution in [0.2, 0.25) is 0 Å². The summed E-state index contributed by atoms with van der Waals surface area (Å²) in [4.78, 5) is 1.23. The summed E-state index contributed by atoms with van der Waals surface area (Å²) < 4.78 is 3.09. The van der Waals surface area contributed by atoms with Crippen LogP contribution < -0.4 is 5.73 Å². The van der Waals surface area contributed by atoms with Crippen molar-refractivity contribution in [2.24, 2.45) is 7.05 Å². The number of anilines is 1. The molecule has 0 atom stereocenters. The maximum atomic E-state index is 5.84. The first kappa shape index (κ1) is 14.5. The number of aryl methyl sites for hydroxylation is 3. The third-order valence-electron chi connectivity index (χ3n) is 3.08. The Morgan fingerprint density at radius 3 is 2.79 bits per heavy atom. The molecule has 1 aromatic heterocycles. The van der Waals surface area contributed by atoms with Crippen molar-refractivity contribution < 1.29 is 0 Å². The molecule has 0 spiro atoms. The van der Waals surface area contributed by atoms with Gasteiger partial charge in [-0.15, -0.1) is 11.8 Å². The second-order valence-electron chi connectivity index (χ2n) is 4.50. The molecular weight excluding hydrogens is 322 g/mol. The largest absolute Gasteiger partial charge is 0.399 e. The quantitative estimate of drug-likeness (QED) is 0.677. The summed E-state index contributed by atoms with van der Waals surface area (Å²) in [6.07, 6.45) is 0.941. The molecule has 0 bridgehead atoms. The van der Waals surface area contributed by atoms with Gasteiger partial charge in [0.05, 0.1) is 15.9 Å². The predicted octanol–water partition coefficient (Wildman–Crippen LogP) is 3.93. The lowest BCUT2D eigenvalue weighted by atomic mass is 10.2. The topological polar surface area (TPSA) is 43.8 Å². The average Bonchev–Trinajstić information content (AvgIpc) is 2.66. The Bertz CT molecular complexity index is 593. The summed E-state index contributed by atoms with van der Waals surface area (Å²) in [5.74, 6) is 0.883. The minimum Gasteiger partial charge on any atom is -0.399 e. The van der Waals surface area contributed by atoms with E-state index in [1.54, 1.807) is 11.8 Å². The molecule has 0 unspecified atom stereocenters. The van der Waals surface area contributed by atoms with Gasteiger partial charge in [0.15, 0.2) is 0 Å². The normalized spacial score (nSPS) is 10.9. The van der Waals surface area contributed by atoms with Gasteiger partial charge in [-0.3, -0.25) is 4.68 Å². The van der Waals surface area contributed by atoms with E-state index in [9.17, 15) is 0 Å². The zero-order valence-corrected chi connectivity index (χ0v) is 13.8. The maximum absolute atomic E-state index is 5.84. The molecule has 0 saturated carbocycles. The molecule has 0 fully saturated rings. The number of nitrogen functional groups attached to an aromatic ring is 1. The van der Waals surface area contributed by atoms with Crippen LogP contribution in [0, 0.1) is 6.92 Å². The highest BCUT2D eigenvalue weighted by atomic mass is 79.9. The zero-order chi connectivity index (χ0) is 14.0. The van der Waals surface area contributed by atoms with E-state index in [1.165, 1.54) is 16.2 Å². The fourth-order valence-corrected chi connectivity index (χ4v) is 3.98. The molecule has 0 saturated heterocycles. The number of benzene rings is 1. The van der Waals surface area contributed by atoms with Crippen molar-refractivity contribution >= 4 is 33.4 Å². The summed E-state index contributed by atoms with van der Waals surface area (Å²) in [7, 11) is 1.99. The Morgan fingerprint density at radius 1 is 1.42 bits per heavy atom. The lowest BCUT2D eigenvalue weighted by Gasteiger charge is -2.07. The number of hydrogen-bond donors (Lipinski definition) is 1. The van der Waals surface area contributed by atoms with Crippen LogP contribution >= 0.6 is 27.7 Å². The van der Waals surface area contributed by atoms with Crippen LogP contribution in [-0.4, -0.2) is 9.78 Å². The molecule has 3 nitrogen and oxygen atoms in total. The van der Waals surface area contributed by atoms with E-state index < -0.39 is 0 Å². The molecule has 0 radical (unpaired) electrons. The Hall–Kier alpha value is -0.940. The molecule has 2 aromatic rings. The first-order valence-corrected chi connectivity index (χ1v) is 8.00. The molecule has 19 heavy (non-hydrogen) atoms. The minimum atomic E-state index is 0.811. The average molecular weight is 340 g/mol. The maximum Gasteiger partial charge on any atom is 0.0767 e. The van der Waals surface area contributed by atoms with Gasteiger partial charge in [-0.2, -0.15) is 5.10 Å². The summed E-state index contributed by atoms with van der Waals surface area (Å²) in [6, 6.07) is 6.03. The van der Waals surface area contributed by atoms with Crippen LogP contribution in [0.5, 0.6) is 0 Å². The van der Waals surface area contributed by atoms with Crippen LogP contribution in [-0.2, 0) is 19.2 Å². The first-order chi connectivity index (χ1) is 9.02. The molecule has 102 valence electrons. The molecule has 2 rings (SSSR count). The second kappa shape index (κ2) is 6.01. The Balaban J connectivity index is 2.19. The van der Waals surface area contributed by atoms with Crippen LogP contribution in [0.4, 0.5) is 5.69 Å². The summed E-state index contributed by atoms with van der Waals surface area (Å²) in [6.45, 7) is 4.23. The number of hydrogen-bond acceptors (Lipinski definition) is 3. The summed E-state index contributed by atoms with van der Waals surface area (Å²) in [5, 5.41) is 4.51. The smallest absolute Gasteiger partial charge is 0.0767 e. The number of rotatable bonds is 4. The van der Waals surface area contributed by atoms with Gasteiger partial charge < -0.3 is 5.73 Å². The zero-order valence-electron chi connectivity index (χ0n) is 11.4. The number of thioether (sulfide) groups is 1. The van der Waals surface area contributed by atoms with Crippen LogP contribution in [0.1, 0.15) is 23.9 Å². The van der Waals surface area contributed by atoms with Crippen molar-refractivity contribution in [3.8, 4) is 0 Å². The van der Waals surface area contributed by atoms with Crippen LogP contribution in [0.15, 0.2) is 27.6 Å². The van der Waals surface area contributed by atoms with Gasteiger partial charge in [0.1, 0.15) is 0 Å². The second-order valence-corrected chi connectivity index (χ2v) is 6.31. The molecule has 0 amide bonds.